The van der Waals surface area contributed by atoms with Gasteiger partial charge in [0.15, 0.2) is 5.16 Å². The summed E-state index contributed by atoms with van der Waals surface area (Å²) in [6, 6.07) is 5.28. The molecule has 0 aromatic carbocycles. The van der Waals surface area contributed by atoms with Gasteiger partial charge in [-0.25, -0.2) is 14.8 Å². The summed E-state index contributed by atoms with van der Waals surface area (Å²) in [6.07, 6.45) is 1.39. The second kappa shape index (κ2) is 7.55. The molecule has 0 unspecified atom stereocenters. The maximum atomic E-state index is 11.2. The van der Waals surface area contributed by atoms with Crippen LogP contribution in [0.2, 0.25) is 0 Å². The number of anilines is 2. The summed E-state index contributed by atoms with van der Waals surface area (Å²) >= 11 is 2.84. The van der Waals surface area contributed by atoms with Crippen molar-refractivity contribution in [3.05, 3.63) is 35.1 Å². The van der Waals surface area contributed by atoms with Crippen LogP contribution in [0.4, 0.5) is 16.3 Å². The molecule has 0 aliphatic rings. The summed E-state index contributed by atoms with van der Waals surface area (Å²) in [5, 5.41) is 21.2. The van der Waals surface area contributed by atoms with Crippen LogP contribution in [0.5, 0.6) is 0 Å². The van der Waals surface area contributed by atoms with Gasteiger partial charge < -0.3 is 10.8 Å². The molecule has 3 rings (SSSR count). The maximum Gasteiger partial charge on any atom is 0.411 e. The molecule has 0 fully saturated rings. The van der Waals surface area contributed by atoms with E-state index in [4.69, 9.17) is 11.0 Å². The summed E-state index contributed by atoms with van der Waals surface area (Å²) in [5.74, 6) is 0.916. The third-order valence-electron chi connectivity index (χ3n) is 3.58. The fraction of sp³-hybridized carbons (Fsp3) is 0.188. The molecule has 0 spiro atoms. The first-order valence-corrected chi connectivity index (χ1v) is 9.34. The van der Waals surface area contributed by atoms with Crippen molar-refractivity contribution in [2.75, 3.05) is 23.4 Å². The van der Waals surface area contributed by atoms with Gasteiger partial charge in [-0.15, -0.1) is 11.3 Å². The number of aromatic nitrogens is 3. The standard InChI is InChI=1S/C16H14N6O2S2/c1-22(16(23)24)12-8-26-13-7-19-9(4-11(12)13)2-3-25-15-20-10(6-17)5-14(18)21-15/h4-5,7-8H,2-3H2,1H3,(H,23,24)(H2,18,20,21). The monoisotopic (exact) mass is 386 g/mol. The molecule has 132 valence electrons. The predicted octanol–water partition coefficient (Wildman–Crippen LogP) is 2.99. The van der Waals surface area contributed by atoms with E-state index >= 15 is 0 Å². The number of carboxylic acid groups (broad SMARTS) is 1. The van der Waals surface area contributed by atoms with Crippen molar-refractivity contribution >= 4 is 50.8 Å². The minimum atomic E-state index is -1.01. The third kappa shape index (κ3) is 3.84. The minimum absolute atomic E-state index is 0.235. The van der Waals surface area contributed by atoms with Crippen LogP contribution in [0.3, 0.4) is 0 Å². The first-order valence-electron chi connectivity index (χ1n) is 7.48. The topological polar surface area (TPSA) is 129 Å². The normalized spacial score (nSPS) is 10.6. The number of aryl methyl sites for hydroxylation is 1. The van der Waals surface area contributed by atoms with Crippen LogP contribution in [-0.2, 0) is 6.42 Å². The molecular formula is C16H14N6O2S2. The van der Waals surface area contributed by atoms with Crippen LogP contribution in [0.25, 0.3) is 10.1 Å². The van der Waals surface area contributed by atoms with Gasteiger partial charge in [0.1, 0.15) is 17.6 Å². The Balaban J connectivity index is 1.73. The Hall–Kier alpha value is -2.90. The molecule has 0 atom stereocenters. The van der Waals surface area contributed by atoms with Crippen LogP contribution in [-0.4, -0.2) is 39.0 Å². The molecule has 0 aliphatic heterocycles. The van der Waals surface area contributed by atoms with Gasteiger partial charge >= 0.3 is 6.09 Å². The molecule has 3 aromatic rings. The number of fused-ring (bicyclic) bond motifs is 1. The SMILES string of the molecule is CN(C(=O)O)c1csc2cnc(CCSc3nc(N)cc(C#N)n3)cc12. The first-order chi connectivity index (χ1) is 12.5. The molecule has 0 aliphatic carbocycles. The minimum Gasteiger partial charge on any atom is -0.465 e. The zero-order valence-corrected chi connectivity index (χ0v) is 15.3. The van der Waals surface area contributed by atoms with Gasteiger partial charge in [-0.3, -0.25) is 9.88 Å². The number of thiophene rings is 1. The number of nitrogens with zero attached hydrogens (tertiary/aromatic N) is 5. The zero-order valence-electron chi connectivity index (χ0n) is 13.7. The lowest BCUT2D eigenvalue weighted by molar-refractivity contribution is 0.203. The highest BCUT2D eigenvalue weighted by Crippen LogP contribution is 2.32. The number of carbonyl (C=O) groups is 1. The number of nitriles is 1. The molecule has 0 saturated carbocycles. The summed E-state index contributed by atoms with van der Waals surface area (Å²) in [5.41, 5.74) is 7.38. The van der Waals surface area contributed by atoms with E-state index in [2.05, 4.69) is 15.0 Å². The quantitative estimate of drug-likeness (QED) is 0.506. The largest absolute Gasteiger partial charge is 0.465 e. The van der Waals surface area contributed by atoms with Gasteiger partial charge in [0.2, 0.25) is 0 Å². The second-order valence-corrected chi connectivity index (χ2v) is 7.28. The molecule has 8 nitrogen and oxygen atoms in total. The number of amides is 1. The molecule has 26 heavy (non-hydrogen) atoms. The highest BCUT2D eigenvalue weighted by atomic mass is 32.2. The van der Waals surface area contributed by atoms with Crippen molar-refractivity contribution in [3.8, 4) is 6.07 Å². The van der Waals surface area contributed by atoms with E-state index in [1.165, 1.54) is 41.1 Å². The molecule has 0 bridgehead atoms. The van der Waals surface area contributed by atoms with Crippen LogP contribution >= 0.6 is 23.1 Å². The Bertz CT molecular complexity index is 1010. The summed E-state index contributed by atoms with van der Waals surface area (Å²) in [4.78, 5) is 25.0. The number of nitrogen functional groups attached to an aromatic ring is 1. The average molecular weight is 386 g/mol. The Morgan fingerprint density at radius 3 is 3.00 bits per heavy atom. The van der Waals surface area contributed by atoms with Crippen LogP contribution in [0.1, 0.15) is 11.4 Å². The van der Waals surface area contributed by atoms with Gasteiger partial charge in [0.25, 0.3) is 0 Å². The molecule has 3 heterocycles. The van der Waals surface area contributed by atoms with Gasteiger partial charge in [-0.05, 0) is 12.5 Å². The van der Waals surface area contributed by atoms with Crippen molar-refractivity contribution in [2.24, 2.45) is 0 Å². The average Bonchev–Trinajstić information content (AvgIpc) is 3.03. The van der Waals surface area contributed by atoms with E-state index in [1.54, 1.807) is 6.20 Å². The van der Waals surface area contributed by atoms with Crippen LogP contribution in [0, 0.1) is 11.3 Å². The highest BCUT2D eigenvalue weighted by Gasteiger charge is 2.14. The van der Waals surface area contributed by atoms with E-state index in [-0.39, 0.29) is 11.5 Å². The summed E-state index contributed by atoms with van der Waals surface area (Å²) < 4.78 is 0.933. The Kier molecular flexibility index (Phi) is 5.20. The Morgan fingerprint density at radius 1 is 1.46 bits per heavy atom. The molecule has 0 radical (unpaired) electrons. The van der Waals surface area contributed by atoms with Crippen molar-refractivity contribution in [1.29, 1.82) is 5.26 Å². The molecular weight excluding hydrogens is 372 g/mol. The number of hydrogen-bond acceptors (Lipinski definition) is 8. The van der Waals surface area contributed by atoms with E-state index < -0.39 is 6.09 Å². The summed E-state index contributed by atoms with van der Waals surface area (Å²) in [7, 11) is 1.52. The predicted molar refractivity (Wildman–Crippen MR) is 102 cm³/mol. The zero-order chi connectivity index (χ0) is 18.7. The second-order valence-electron chi connectivity index (χ2n) is 5.31. The van der Waals surface area contributed by atoms with E-state index in [0.717, 1.165) is 15.8 Å². The van der Waals surface area contributed by atoms with Crippen LogP contribution < -0.4 is 10.6 Å². The Morgan fingerprint density at radius 2 is 2.27 bits per heavy atom. The lowest BCUT2D eigenvalue weighted by atomic mass is 10.2. The fourth-order valence-corrected chi connectivity index (χ4v) is 4.03. The molecule has 3 N–H and O–H groups in total. The van der Waals surface area contributed by atoms with E-state index in [0.29, 0.717) is 23.0 Å². The number of nitrogens with two attached hydrogens (primary N) is 1. The van der Waals surface area contributed by atoms with Crippen molar-refractivity contribution in [2.45, 2.75) is 11.6 Å². The van der Waals surface area contributed by atoms with Gasteiger partial charge in [-0.1, -0.05) is 11.8 Å². The lowest BCUT2D eigenvalue weighted by Gasteiger charge is -2.11. The first kappa shape index (κ1) is 17.9. The molecule has 1 amide bonds. The number of rotatable bonds is 5. The molecule has 3 aromatic heterocycles. The molecule has 0 saturated heterocycles. The van der Waals surface area contributed by atoms with Gasteiger partial charge in [0, 0.05) is 41.5 Å². The maximum absolute atomic E-state index is 11.2. The molecule has 10 heteroatoms. The summed E-state index contributed by atoms with van der Waals surface area (Å²) in [6.45, 7) is 0. The smallest absolute Gasteiger partial charge is 0.411 e. The van der Waals surface area contributed by atoms with Gasteiger partial charge in [0.05, 0.1) is 10.4 Å². The van der Waals surface area contributed by atoms with Crippen molar-refractivity contribution < 1.29 is 9.90 Å². The fourth-order valence-electron chi connectivity index (χ4n) is 2.27. The Labute approximate surface area is 157 Å². The van der Waals surface area contributed by atoms with E-state index in [9.17, 15) is 9.90 Å². The van der Waals surface area contributed by atoms with Crippen molar-refractivity contribution in [1.82, 2.24) is 15.0 Å². The third-order valence-corrected chi connectivity index (χ3v) is 5.34. The van der Waals surface area contributed by atoms with Crippen LogP contribution in [0.15, 0.2) is 28.9 Å². The number of hydrogen-bond donors (Lipinski definition) is 2. The van der Waals surface area contributed by atoms with Gasteiger partial charge in [-0.2, -0.15) is 5.26 Å². The number of pyridine rings is 1. The lowest BCUT2D eigenvalue weighted by Crippen LogP contribution is -2.23. The highest BCUT2D eigenvalue weighted by molar-refractivity contribution is 7.99. The van der Waals surface area contributed by atoms with E-state index in [1.807, 2.05) is 17.5 Å². The van der Waals surface area contributed by atoms with Crippen molar-refractivity contribution in [3.63, 3.8) is 0 Å². The number of thioether (sulfide) groups is 1.